The van der Waals surface area contributed by atoms with Crippen molar-refractivity contribution in [3.05, 3.63) is 82.7 Å². The van der Waals surface area contributed by atoms with Gasteiger partial charge < -0.3 is 19.2 Å². The zero-order valence-electron chi connectivity index (χ0n) is 15.7. The van der Waals surface area contributed by atoms with Crippen molar-refractivity contribution in [2.75, 3.05) is 20.3 Å². The first-order valence-corrected chi connectivity index (χ1v) is 9.28. The third-order valence-electron chi connectivity index (χ3n) is 4.73. The summed E-state index contributed by atoms with van der Waals surface area (Å²) in [5, 5.41) is 5.35. The highest BCUT2D eigenvalue weighted by molar-refractivity contribution is 6.06. The maximum atomic E-state index is 12.0. The maximum Gasteiger partial charge on any atom is 0.336 e. The molecule has 1 heterocycles. The molecule has 0 saturated carbocycles. The number of methoxy groups -OCH3 is 1. The lowest BCUT2D eigenvalue weighted by molar-refractivity contribution is -0.670. The van der Waals surface area contributed by atoms with Crippen LogP contribution in [0, 0.1) is 0 Å². The number of rotatable bonds is 7. The van der Waals surface area contributed by atoms with Gasteiger partial charge >= 0.3 is 5.63 Å². The molecular formula is C23H22NO4+. The van der Waals surface area contributed by atoms with Crippen LogP contribution in [0.2, 0.25) is 0 Å². The van der Waals surface area contributed by atoms with Crippen molar-refractivity contribution in [3.8, 4) is 11.5 Å². The summed E-state index contributed by atoms with van der Waals surface area (Å²) in [5.74, 6) is 1.45. The van der Waals surface area contributed by atoms with Gasteiger partial charge in [-0.1, -0.05) is 42.5 Å². The van der Waals surface area contributed by atoms with E-state index in [2.05, 4.69) is 17.4 Å². The largest absolute Gasteiger partial charge is 0.493 e. The summed E-state index contributed by atoms with van der Waals surface area (Å²) in [4.78, 5) is 12.0. The van der Waals surface area contributed by atoms with Crippen LogP contribution >= 0.6 is 0 Å². The van der Waals surface area contributed by atoms with Gasteiger partial charge in [0, 0.05) is 17.0 Å². The number of hydrogen-bond acceptors (Lipinski definition) is 4. The Kier molecular flexibility index (Phi) is 5.26. The van der Waals surface area contributed by atoms with Gasteiger partial charge in [0.1, 0.15) is 25.3 Å². The molecule has 0 aliphatic carbocycles. The minimum atomic E-state index is -0.323. The van der Waals surface area contributed by atoms with Crippen molar-refractivity contribution in [2.24, 2.45) is 0 Å². The van der Waals surface area contributed by atoms with E-state index in [1.54, 1.807) is 13.2 Å². The van der Waals surface area contributed by atoms with Gasteiger partial charge in [-0.25, -0.2) is 4.79 Å². The Hall–Kier alpha value is -3.31. The molecule has 0 aliphatic rings. The van der Waals surface area contributed by atoms with Crippen molar-refractivity contribution in [3.63, 3.8) is 0 Å². The van der Waals surface area contributed by atoms with Gasteiger partial charge in [0.05, 0.1) is 7.11 Å². The lowest BCUT2D eigenvalue weighted by atomic mass is 10.0. The minimum absolute atomic E-state index is 0.323. The first-order valence-electron chi connectivity index (χ1n) is 9.28. The fourth-order valence-electron chi connectivity index (χ4n) is 3.43. The van der Waals surface area contributed by atoms with E-state index in [-0.39, 0.29) is 5.63 Å². The van der Waals surface area contributed by atoms with Crippen LogP contribution in [0.4, 0.5) is 0 Å². The zero-order valence-corrected chi connectivity index (χ0v) is 15.7. The molecule has 0 unspecified atom stereocenters. The highest BCUT2D eigenvalue weighted by Crippen LogP contribution is 2.27. The van der Waals surface area contributed by atoms with E-state index in [9.17, 15) is 4.79 Å². The molecule has 28 heavy (non-hydrogen) atoms. The summed E-state index contributed by atoms with van der Waals surface area (Å²) in [5.41, 5.74) is 1.27. The number of nitrogens with two attached hydrogens (primary N) is 1. The molecule has 142 valence electrons. The van der Waals surface area contributed by atoms with E-state index < -0.39 is 0 Å². The van der Waals surface area contributed by atoms with Gasteiger partial charge in [0.25, 0.3) is 0 Å². The Morgan fingerprint density at radius 1 is 0.964 bits per heavy atom. The second kappa shape index (κ2) is 8.15. The molecule has 0 radical (unpaired) electrons. The van der Waals surface area contributed by atoms with Gasteiger partial charge in [-0.15, -0.1) is 0 Å². The monoisotopic (exact) mass is 376 g/mol. The predicted molar refractivity (Wildman–Crippen MR) is 109 cm³/mol. The maximum absolute atomic E-state index is 12.0. The first-order chi connectivity index (χ1) is 13.8. The number of para-hydroxylation sites is 2. The van der Waals surface area contributed by atoms with E-state index in [0.717, 1.165) is 39.8 Å². The molecule has 0 fully saturated rings. The quantitative estimate of drug-likeness (QED) is 0.306. The Balaban J connectivity index is 1.49. The van der Waals surface area contributed by atoms with Crippen LogP contribution in [0.3, 0.4) is 0 Å². The van der Waals surface area contributed by atoms with Gasteiger partial charge in [-0.3, -0.25) is 0 Å². The number of quaternary nitrogens is 1. The molecule has 0 spiro atoms. The molecule has 0 saturated heterocycles. The Bertz CT molecular complexity index is 1170. The van der Waals surface area contributed by atoms with Crippen molar-refractivity contribution in [1.29, 1.82) is 0 Å². The summed E-state index contributed by atoms with van der Waals surface area (Å²) < 4.78 is 16.5. The number of benzene rings is 3. The Morgan fingerprint density at radius 3 is 2.61 bits per heavy atom. The average Bonchev–Trinajstić information content (AvgIpc) is 2.73. The van der Waals surface area contributed by atoms with Crippen LogP contribution in [0.25, 0.3) is 21.7 Å². The molecule has 5 nitrogen and oxygen atoms in total. The molecule has 0 bridgehead atoms. The molecule has 3 aromatic carbocycles. The van der Waals surface area contributed by atoms with E-state index in [4.69, 9.17) is 13.9 Å². The molecule has 0 atom stereocenters. The molecule has 1 aromatic heterocycles. The standard InChI is InChI=1S/C23H21NO4/c1-26-19-8-4-5-9-20(19)27-13-12-24-15-17-14-22(25)28-21-11-10-16-6-2-3-7-18(16)23(17)21/h2-11,14,24H,12-13,15H2,1H3/p+1. The Labute approximate surface area is 162 Å². The topological polar surface area (TPSA) is 65.3 Å². The second-order valence-corrected chi connectivity index (χ2v) is 6.53. The summed E-state index contributed by atoms with van der Waals surface area (Å²) >= 11 is 0. The van der Waals surface area contributed by atoms with Gasteiger partial charge in [0.15, 0.2) is 11.5 Å². The molecule has 4 aromatic rings. The highest BCUT2D eigenvalue weighted by atomic mass is 16.5. The smallest absolute Gasteiger partial charge is 0.336 e. The van der Waals surface area contributed by atoms with E-state index >= 15 is 0 Å². The van der Waals surface area contributed by atoms with Crippen molar-refractivity contribution in [1.82, 2.24) is 0 Å². The van der Waals surface area contributed by atoms with Crippen molar-refractivity contribution in [2.45, 2.75) is 6.54 Å². The average molecular weight is 376 g/mol. The molecular weight excluding hydrogens is 354 g/mol. The summed E-state index contributed by atoms with van der Waals surface area (Å²) in [7, 11) is 1.63. The SMILES string of the molecule is COc1ccccc1OCC[NH2+]Cc1cc(=O)oc2ccc3ccccc3c12. The Morgan fingerprint density at radius 2 is 1.75 bits per heavy atom. The van der Waals surface area contributed by atoms with E-state index in [1.165, 1.54) is 0 Å². The molecule has 0 aliphatic heterocycles. The van der Waals surface area contributed by atoms with Gasteiger partial charge in [-0.2, -0.15) is 0 Å². The third-order valence-corrected chi connectivity index (χ3v) is 4.73. The normalized spacial score (nSPS) is 11.0. The molecule has 0 amide bonds. The van der Waals surface area contributed by atoms with Crippen LogP contribution < -0.4 is 20.4 Å². The lowest BCUT2D eigenvalue weighted by Gasteiger charge is -2.10. The van der Waals surface area contributed by atoms with Gasteiger partial charge in [-0.05, 0) is 29.0 Å². The fourth-order valence-corrected chi connectivity index (χ4v) is 3.43. The van der Waals surface area contributed by atoms with E-state index in [0.29, 0.717) is 18.7 Å². The van der Waals surface area contributed by atoms with Crippen LogP contribution in [0.5, 0.6) is 11.5 Å². The van der Waals surface area contributed by atoms with Gasteiger partial charge in [0.2, 0.25) is 0 Å². The molecule has 4 rings (SSSR count). The molecule has 5 heteroatoms. The number of hydrogen-bond donors (Lipinski definition) is 1. The third kappa shape index (κ3) is 3.70. The summed E-state index contributed by atoms with van der Waals surface area (Å²) in [6.07, 6.45) is 0. The zero-order chi connectivity index (χ0) is 19.3. The fraction of sp³-hybridized carbons (Fsp3) is 0.174. The molecule has 2 N–H and O–H groups in total. The van der Waals surface area contributed by atoms with Crippen molar-refractivity contribution < 1.29 is 19.2 Å². The minimum Gasteiger partial charge on any atom is -0.493 e. The second-order valence-electron chi connectivity index (χ2n) is 6.53. The summed E-state index contributed by atoms with van der Waals surface area (Å²) in [6, 6.07) is 21.2. The lowest BCUT2D eigenvalue weighted by Crippen LogP contribution is -2.83. The van der Waals surface area contributed by atoms with Crippen LogP contribution in [-0.4, -0.2) is 20.3 Å². The van der Waals surface area contributed by atoms with E-state index in [1.807, 2.05) is 48.5 Å². The summed E-state index contributed by atoms with van der Waals surface area (Å²) in [6.45, 7) is 1.97. The number of ether oxygens (including phenoxy) is 2. The van der Waals surface area contributed by atoms with Crippen LogP contribution in [0.15, 0.2) is 75.9 Å². The highest BCUT2D eigenvalue weighted by Gasteiger charge is 2.11. The number of fused-ring (bicyclic) bond motifs is 3. The first kappa shape index (κ1) is 18.1. The van der Waals surface area contributed by atoms with Crippen molar-refractivity contribution >= 4 is 21.7 Å². The van der Waals surface area contributed by atoms with Crippen LogP contribution in [0.1, 0.15) is 5.56 Å². The van der Waals surface area contributed by atoms with Crippen LogP contribution in [-0.2, 0) is 6.54 Å². The predicted octanol–water partition coefficient (Wildman–Crippen LogP) is 3.10.